The van der Waals surface area contributed by atoms with Crippen molar-refractivity contribution < 1.29 is 8.42 Å². The highest BCUT2D eigenvalue weighted by Gasteiger charge is 2.51. The van der Waals surface area contributed by atoms with E-state index in [9.17, 15) is 8.42 Å². The smallest absolute Gasteiger partial charge is 0.181 e. The van der Waals surface area contributed by atoms with Crippen LogP contribution < -0.4 is 5.73 Å². The summed E-state index contributed by atoms with van der Waals surface area (Å²) in [5, 5.41) is -0.150. The number of hydrogen-bond acceptors (Lipinski definition) is 3. The Morgan fingerprint density at radius 2 is 1.89 bits per heavy atom. The molecule has 0 amide bonds. The van der Waals surface area contributed by atoms with Crippen LogP contribution >= 0.6 is 0 Å². The molecule has 2 aliphatic rings. The van der Waals surface area contributed by atoms with Gasteiger partial charge in [-0.3, -0.25) is 0 Å². The van der Waals surface area contributed by atoms with E-state index in [1.807, 2.05) is 25.1 Å². The molecule has 1 aromatic rings. The molecular formula is C14H19NO2S. The van der Waals surface area contributed by atoms with Crippen molar-refractivity contribution in [2.24, 2.45) is 5.73 Å². The second-order valence-electron chi connectivity index (χ2n) is 5.69. The fourth-order valence-corrected chi connectivity index (χ4v) is 4.75. The third-order valence-electron chi connectivity index (χ3n) is 4.35. The summed E-state index contributed by atoms with van der Waals surface area (Å²) < 4.78 is 24.9. The van der Waals surface area contributed by atoms with Gasteiger partial charge in [0.1, 0.15) is 0 Å². The van der Waals surface area contributed by atoms with Crippen molar-refractivity contribution in [3.63, 3.8) is 0 Å². The monoisotopic (exact) mass is 265 g/mol. The van der Waals surface area contributed by atoms with Crippen molar-refractivity contribution in [1.29, 1.82) is 0 Å². The molecule has 3 rings (SSSR count). The first-order valence-electron chi connectivity index (χ1n) is 6.57. The summed E-state index contributed by atoms with van der Waals surface area (Å²) in [4.78, 5) is 0.530. The average Bonchev–Trinajstić information content (AvgIpc) is 3.18. The third-order valence-corrected chi connectivity index (χ3v) is 6.67. The lowest BCUT2D eigenvalue weighted by Crippen LogP contribution is -2.33. The highest BCUT2D eigenvalue weighted by Crippen LogP contribution is 2.53. The molecular weight excluding hydrogens is 246 g/mol. The van der Waals surface area contributed by atoms with Crippen LogP contribution in [0.25, 0.3) is 0 Å². The van der Waals surface area contributed by atoms with Crippen LogP contribution in [0.5, 0.6) is 0 Å². The van der Waals surface area contributed by atoms with E-state index in [0.717, 1.165) is 31.2 Å². The zero-order valence-electron chi connectivity index (χ0n) is 10.6. The van der Waals surface area contributed by atoms with Crippen molar-refractivity contribution in [3.8, 4) is 0 Å². The van der Waals surface area contributed by atoms with E-state index in [4.69, 9.17) is 5.73 Å². The molecule has 0 aromatic heterocycles. The van der Waals surface area contributed by atoms with E-state index < -0.39 is 9.84 Å². The molecule has 0 spiro atoms. The average molecular weight is 265 g/mol. The molecule has 1 unspecified atom stereocenters. The Morgan fingerprint density at radius 1 is 1.28 bits per heavy atom. The van der Waals surface area contributed by atoms with Crippen molar-refractivity contribution in [2.45, 2.75) is 54.2 Å². The molecule has 0 saturated heterocycles. The quantitative estimate of drug-likeness (QED) is 0.905. The van der Waals surface area contributed by atoms with Crippen molar-refractivity contribution in [2.75, 3.05) is 0 Å². The maximum absolute atomic E-state index is 12.5. The Balaban J connectivity index is 2.12. The summed E-state index contributed by atoms with van der Waals surface area (Å²) >= 11 is 0. The predicted molar refractivity (Wildman–Crippen MR) is 71.2 cm³/mol. The standard InChI is InChI=1S/C14H19NO2S/c1-10(15)14(8-9-14)12-4-2-3-5-13(12)18(16,17)11-6-7-11/h2-5,10-11H,6-9,15H2,1H3. The minimum atomic E-state index is -3.13. The van der Waals surface area contributed by atoms with E-state index in [2.05, 4.69) is 0 Å². The van der Waals surface area contributed by atoms with Gasteiger partial charge in [0.05, 0.1) is 10.1 Å². The van der Waals surface area contributed by atoms with Crippen LogP contribution in [0.1, 0.15) is 38.2 Å². The molecule has 0 aliphatic heterocycles. The maximum Gasteiger partial charge on any atom is 0.181 e. The lowest BCUT2D eigenvalue weighted by Gasteiger charge is -2.23. The van der Waals surface area contributed by atoms with E-state index in [1.165, 1.54) is 0 Å². The van der Waals surface area contributed by atoms with Gasteiger partial charge in [0.2, 0.25) is 0 Å². The molecule has 2 saturated carbocycles. The molecule has 98 valence electrons. The lowest BCUT2D eigenvalue weighted by molar-refractivity contribution is 0.541. The Kier molecular flexibility index (Phi) is 2.58. The summed E-state index contributed by atoms with van der Waals surface area (Å²) in [6.07, 6.45) is 3.62. The molecule has 1 aromatic carbocycles. The van der Waals surface area contributed by atoms with Gasteiger partial charge in [0.25, 0.3) is 0 Å². The number of sulfone groups is 1. The van der Waals surface area contributed by atoms with Crippen molar-refractivity contribution in [3.05, 3.63) is 29.8 Å². The molecule has 0 bridgehead atoms. The predicted octanol–water partition coefficient (Wildman–Crippen LogP) is 2.00. The second-order valence-corrected chi connectivity index (χ2v) is 7.88. The molecule has 18 heavy (non-hydrogen) atoms. The van der Waals surface area contributed by atoms with Gasteiger partial charge < -0.3 is 5.73 Å². The molecule has 2 N–H and O–H groups in total. The minimum absolute atomic E-state index is 0.00746. The van der Waals surface area contributed by atoms with Crippen molar-refractivity contribution >= 4 is 9.84 Å². The second kappa shape index (κ2) is 3.81. The summed E-state index contributed by atoms with van der Waals surface area (Å²) in [6, 6.07) is 7.45. The zero-order valence-corrected chi connectivity index (χ0v) is 11.4. The van der Waals surface area contributed by atoms with Crippen LogP contribution in [0.3, 0.4) is 0 Å². The summed E-state index contributed by atoms with van der Waals surface area (Å²) in [7, 11) is -3.13. The van der Waals surface area contributed by atoms with Gasteiger partial charge >= 0.3 is 0 Å². The Hall–Kier alpha value is -0.870. The van der Waals surface area contributed by atoms with Gasteiger partial charge in [-0.25, -0.2) is 8.42 Å². The van der Waals surface area contributed by atoms with Crippen LogP contribution in [-0.4, -0.2) is 19.7 Å². The van der Waals surface area contributed by atoms with Gasteiger partial charge in [0.15, 0.2) is 9.84 Å². The van der Waals surface area contributed by atoms with Gasteiger partial charge in [-0.05, 0) is 44.2 Å². The number of nitrogens with two attached hydrogens (primary N) is 1. The Labute approximate surface area is 108 Å². The van der Waals surface area contributed by atoms with E-state index >= 15 is 0 Å². The summed E-state index contributed by atoms with van der Waals surface area (Å²) in [6.45, 7) is 1.98. The summed E-state index contributed by atoms with van der Waals surface area (Å²) in [5.41, 5.74) is 6.93. The molecule has 2 fully saturated rings. The molecule has 4 heteroatoms. The number of rotatable bonds is 4. The number of hydrogen-bond donors (Lipinski definition) is 1. The van der Waals surface area contributed by atoms with Crippen LogP contribution in [0.2, 0.25) is 0 Å². The van der Waals surface area contributed by atoms with Gasteiger partial charge in [0, 0.05) is 11.5 Å². The SMILES string of the molecule is CC(N)C1(c2ccccc2S(=O)(=O)C2CC2)CC1. The zero-order chi connectivity index (χ0) is 13.0. The first-order valence-corrected chi connectivity index (χ1v) is 8.12. The van der Waals surface area contributed by atoms with E-state index in [0.29, 0.717) is 4.90 Å². The first kappa shape index (κ1) is 12.2. The van der Waals surface area contributed by atoms with E-state index in [1.54, 1.807) is 6.07 Å². The fraction of sp³-hybridized carbons (Fsp3) is 0.571. The summed E-state index contributed by atoms with van der Waals surface area (Å²) in [5.74, 6) is 0. The fourth-order valence-electron chi connectivity index (χ4n) is 2.79. The Morgan fingerprint density at radius 3 is 2.39 bits per heavy atom. The Bertz CT molecular complexity index is 569. The van der Waals surface area contributed by atoms with Crippen LogP contribution in [0.4, 0.5) is 0 Å². The lowest BCUT2D eigenvalue weighted by atomic mass is 9.89. The highest BCUT2D eigenvalue weighted by atomic mass is 32.2. The topological polar surface area (TPSA) is 60.2 Å². The van der Waals surface area contributed by atoms with Gasteiger partial charge in [-0.15, -0.1) is 0 Å². The van der Waals surface area contributed by atoms with Gasteiger partial charge in [-0.1, -0.05) is 18.2 Å². The van der Waals surface area contributed by atoms with Crippen LogP contribution in [0, 0.1) is 0 Å². The number of benzene rings is 1. The van der Waals surface area contributed by atoms with Crippen LogP contribution in [-0.2, 0) is 15.3 Å². The molecule has 1 atom stereocenters. The molecule has 0 heterocycles. The molecule has 2 aliphatic carbocycles. The van der Waals surface area contributed by atoms with Crippen LogP contribution in [0.15, 0.2) is 29.2 Å². The molecule has 0 radical (unpaired) electrons. The van der Waals surface area contributed by atoms with Crippen molar-refractivity contribution in [1.82, 2.24) is 0 Å². The highest BCUT2D eigenvalue weighted by molar-refractivity contribution is 7.92. The minimum Gasteiger partial charge on any atom is -0.327 e. The third kappa shape index (κ3) is 1.70. The van der Waals surface area contributed by atoms with Gasteiger partial charge in [-0.2, -0.15) is 0 Å². The largest absolute Gasteiger partial charge is 0.327 e. The normalized spacial score (nSPS) is 23.7. The molecule has 3 nitrogen and oxygen atoms in total. The van der Waals surface area contributed by atoms with E-state index in [-0.39, 0.29) is 16.7 Å². The maximum atomic E-state index is 12.5. The first-order chi connectivity index (χ1) is 8.48.